The topological polar surface area (TPSA) is 29.1 Å². The summed E-state index contributed by atoms with van der Waals surface area (Å²) < 4.78 is 155. The molecule has 0 saturated carbocycles. The van der Waals surface area contributed by atoms with Crippen molar-refractivity contribution < 1.29 is 57.5 Å². The zero-order valence-electron chi connectivity index (χ0n) is 13.6. The fraction of sp³-hybridized carbons (Fsp3) is 0.923. The van der Waals surface area contributed by atoms with E-state index in [9.17, 15) is 57.5 Å². The van der Waals surface area contributed by atoms with E-state index in [1.165, 1.54) is 0 Å². The Morgan fingerprint density at radius 2 is 1.26 bits per heavy atom. The van der Waals surface area contributed by atoms with Gasteiger partial charge in [0.15, 0.2) is 0 Å². The van der Waals surface area contributed by atoms with Crippen LogP contribution in [0.3, 0.4) is 0 Å². The van der Waals surface area contributed by atoms with Crippen LogP contribution in [0.5, 0.6) is 0 Å². The van der Waals surface area contributed by atoms with Crippen molar-refractivity contribution in [3.8, 4) is 0 Å². The molecular formula is C13H15F12NO. The monoisotopic (exact) mass is 429 g/mol. The molecule has 0 rings (SSSR count). The standard InChI is InChI=1S/C13H15F12NO/c1-2-3-4-5-6-26-8(27)10(18,19)12(22,23)13(24,25)11(20,21)9(16,17)7(14)15/h7H,2-6H2,1H3,(H,26,27). The molecule has 0 aliphatic heterocycles. The summed E-state index contributed by atoms with van der Waals surface area (Å²) in [6, 6.07) is 0. The third kappa shape index (κ3) is 4.39. The molecule has 0 atom stereocenters. The molecule has 162 valence electrons. The van der Waals surface area contributed by atoms with Gasteiger partial charge in [-0.15, -0.1) is 0 Å². The first-order valence-corrected chi connectivity index (χ1v) is 7.38. The smallest absolute Gasteiger partial charge is 0.351 e. The maximum absolute atomic E-state index is 13.4. The van der Waals surface area contributed by atoms with E-state index in [1.54, 1.807) is 6.92 Å². The first kappa shape index (κ1) is 25.6. The molecule has 1 N–H and O–H groups in total. The Morgan fingerprint density at radius 3 is 1.67 bits per heavy atom. The van der Waals surface area contributed by atoms with Crippen molar-refractivity contribution >= 4 is 5.91 Å². The summed E-state index contributed by atoms with van der Waals surface area (Å²) in [5.74, 6) is -39.5. The van der Waals surface area contributed by atoms with Gasteiger partial charge >= 0.3 is 36.0 Å². The highest BCUT2D eigenvalue weighted by atomic mass is 19.4. The molecule has 2 nitrogen and oxygen atoms in total. The second-order valence-electron chi connectivity index (χ2n) is 5.54. The number of nitrogens with one attached hydrogen (secondary N) is 1. The summed E-state index contributed by atoms with van der Waals surface area (Å²) in [7, 11) is 0. The molecule has 0 spiro atoms. The highest BCUT2D eigenvalue weighted by Crippen LogP contribution is 2.58. The van der Waals surface area contributed by atoms with Crippen LogP contribution >= 0.6 is 0 Å². The van der Waals surface area contributed by atoms with Gasteiger partial charge in [0.1, 0.15) is 0 Å². The first-order valence-electron chi connectivity index (χ1n) is 7.38. The highest BCUT2D eigenvalue weighted by molar-refractivity contribution is 5.84. The van der Waals surface area contributed by atoms with Crippen molar-refractivity contribution in [1.29, 1.82) is 0 Å². The van der Waals surface area contributed by atoms with Gasteiger partial charge in [-0.2, -0.15) is 43.9 Å². The molecule has 0 fully saturated rings. The molecule has 0 aromatic heterocycles. The average molecular weight is 429 g/mol. The van der Waals surface area contributed by atoms with Crippen LogP contribution < -0.4 is 5.32 Å². The molecule has 0 radical (unpaired) electrons. The van der Waals surface area contributed by atoms with Crippen molar-refractivity contribution in [2.45, 2.75) is 68.6 Å². The SMILES string of the molecule is CCCCCCNC(=O)C(F)(F)C(F)(F)C(F)(F)C(F)(F)C(F)(F)C(F)F. The van der Waals surface area contributed by atoms with Crippen molar-refractivity contribution in [2.24, 2.45) is 0 Å². The van der Waals surface area contributed by atoms with Gasteiger partial charge in [-0.25, -0.2) is 8.78 Å². The summed E-state index contributed by atoms with van der Waals surface area (Å²) >= 11 is 0. The predicted molar refractivity (Wildman–Crippen MR) is 67.9 cm³/mol. The molecule has 0 heterocycles. The molecule has 0 bridgehead atoms. The Morgan fingerprint density at radius 1 is 0.778 bits per heavy atom. The summed E-state index contributed by atoms with van der Waals surface area (Å²) in [5, 5.41) is 1.09. The molecule has 0 unspecified atom stereocenters. The molecule has 0 aromatic rings. The van der Waals surface area contributed by atoms with Crippen molar-refractivity contribution in [3.05, 3.63) is 0 Å². The number of hydrogen-bond donors (Lipinski definition) is 1. The number of carbonyl (C=O) groups is 1. The van der Waals surface area contributed by atoms with E-state index in [0.29, 0.717) is 19.3 Å². The van der Waals surface area contributed by atoms with E-state index >= 15 is 0 Å². The van der Waals surface area contributed by atoms with Crippen LogP contribution in [0.4, 0.5) is 52.7 Å². The minimum atomic E-state index is -7.69. The number of hydrogen-bond acceptors (Lipinski definition) is 1. The molecule has 27 heavy (non-hydrogen) atoms. The van der Waals surface area contributed by atoms with Gasteiger partial charge in [0.25, 0.3) is 5.91 Å². The summed E-state index contributed by atoms with van der Waals surface area (Å²) in [4.78, 5) is 11.0. The lowest BCUT2D eigenvalue weighted by Crippen LogP contribution is -2.70. The zero-order valence-corrected chi connectivity index (χ0v) is 13.6. The summed E-state index contributed by atoms with van der Waals surface area (Å²) in [6.45, 7) is 1.00. The third-order valence-electron chi connectivity index (χ3n) is 3.48. The van der Waals surface area contributed by atoms with Gasteiger partial charge in [0, 0.05) is 6.54 Å². The maximum Gasteiger partial charge on any atom is 0.392 e. The molecule has 0 saturated heterocycles. The molecule has 0 aliphatic rings. The fourth-order valence-corrected chi connectivity index (χ4v) is 1.75. The van der Waals surface area contributed by atoms with Crippen LogP contribution in [-0.4, -0.2) is 48.5 Å². The lowest BCUT2D eigenvalue weighted by Gasteiger charge is -2.38. The minimum Gasteiger partial charge on any atom is -0.351 e. The van der Waals surface area contributed by atoms with Gasteiger partial charge in [0.2, 0.25) is 0 Å². The zero-order chi connectivity index (χ0) is 21.9. The van der Waals surface area contributed by atoms with E-state index in [4.69, 9.17) is 0 Å². The number of amides is 1. The van der Waals surface area contributed by atoms with Gasteiger partial charge < -0.3 is 5.32 Å². The van der Waals surface area contributed by atoms with Gasteiger partial charge in [-0.1, -0.05) is 26.2 Å². The molecule has 14 heteroatoms. The van der Waals surface area contributed by atoms with Crippen molar-refractivity contribution in [2.75, 3.05) is 6.54 Å². The predicted octanol–water partition coefficient (Wildman–Crippen LogP) is 5.12. The number of rotatable bonds is 11. The number of carbonyl (C=O) groups excluding carboxylic acids is 1. The third-order valence-corrected chi connectivity index (χ3v) is 3.48. The van der Waals surface area contributed by atoms with E-state index in [-0.39, 0.29) is 6.42 Å². The Balaban J connectivity index is 5.63. The molecule has 1 amide bonds. The summed E-state index contributed by atoms with van der Waals surface area (Å²) in [5.41, 5.74) is 0. The lowest BCUT2D eigenvalue weighted by atomic mass is 9.94. The van der Waals surface area contributed by atoms with Crippen LogP contribution in [0, 0.1) is 0 Å². The van der Waals surface area contributed by atoms with Gasteiger partial charge in [-0.05, 0) is 6.42 Å². The first-order chi connectivity index (χ1) is 11.9. The maximum atomic E-state index is 13.4. The molecule has 0 aliphatic carbocycles. The van der Waals surface area contributed by atoms with Crippen LogP contribution in [-0.2, 0) is 4.79 Å². The quantitative estimate of drug-likeness (QED) is 0.359. The van der Waals surface area contributed by atoms with Crippen molar-refractivity contribution in [3.63, 3.8) is 0 Å². The van der Waals surface area contributed by atoms with E-state index in [1.807, 2.05) is 0 Å². The van der Waals surface area contributed by atoms with E-state index in [2.05, 4.69) is 0 Å². The van der Waals surface area contributed by atoms with E-state index < -0.39 is 48.5 Å². The van der Waals surface area contributed by atoms with E-state index in [0.717, 1.165) is 5.32 Å². The Kier molecular flexibility index (Phi) is 7.91. The van der Waals surface area contributed by atoms with Gasteiger partial charge in [0.05, 0.1) is 0 Å². The lowest BCUT2D eigenvalue weighted by molar-refractivity contribution is -0.407. The largest absolute Gasteiger partial charge is 0.392 e. The van der Waals surface area contributed by atoms with Crippen LogP contribution in [0.25, 0.3) is 0 Å². The highest BCUT2D eigenvalue weighted by Gasteiger charge is 2.89. The summed E-state index contributed by atoms with van der Waals surface area (Å²) in [6.07, 6.45) is -4.14. The minimum absolute atomic E-state index is 0.0583. The van der Waals surface area contributed by atoms with Gasteiger partial charge in [-0.3, -0.25) is 4.79 Å². The molecular weight excluding hydrogens is 414 g/mol. The number of unbranched alkanes of at least 4 members (excludes halogenated alkanes) is 3. The van der Waals surface area contributed by atoms with Crippen LogP contribution in [0.1, 0.15) is 32.6 Å². The Bertz CT molecular complexity index is 506. The number of alkyl halides is 12. The molecule has 0 aromatic carbocycles. The number of halogens is 12. The normalized spacial score (nSPS) is 14.6. The fourth-order valence-electron chi connectivity index (χ4n) is 1.75. The Hall–Kier alpha value is -1.37. The van der Waals surface area contributed by atoms with Crippen molar-refractivity contribution in [1.82, 2.24) is 5.32 Å². The average Bonchev–Trinajstić information content (AvgIpc) is 2.53. The second-order valence-corrected chi connectivity index (χ2v) is 5.54. The Labute approximate surface area is 145 Å². The van der Waals surface area contributed by atoms with Crippen LogP contribution in [0.2, 0.25) is 0 Å². The second kappa shape index (κ2) is 8.33. The van der Waals surface area contributed by atoms with Crippen LogP contribution in [0.15, 0.2) is 0 Å².